The van der Waals surface area contributed by atoms with E-state index in [-0.39, 0.29) is 23.9 Å². The molecule has 0 radical (unpaired) electrons. The standard InChI is InChI=1S/C15H21ClN2O2/c1-10(2)18(7-11-4-3-5-12(16)6-11)15(19)13-8-20-9-14(13)17/h3-6,10,13-14H,7-9,17H2,1-2H3. The van der Waals surface area contributed by atoms with Gasteiger partial charge in [-0.05, 0) is 31.5 Å². The summed E-state index contributed by atoms with van der Waals surface area (Å²) in [6.45, 7) is 5.42. The van der Waals surface area contributed by atoms with Gasteiger partial charge in [0.05, 0.1) is 19.1 Å². The predicted octanol–water partition coefficient (Wildman–Crippen LogP) is 2.05. The molecule has 1 heterocycles. The summed E-state index contributed by atoms with van der Waals surface area (Å²) in [4.78, 5) is 14.5. The van der Waals surface area contributed by atoms with Gasteiger partial charge in [0, 0.05) is 23.7 Å². The number of amides is 1. The molecule has 1 fully saturated rings. The molecule has 0 aliphatic carbocycles. The Morgan fingerprint density at radius 2 is 2.25 bits per heavy atom. The van der Waals surface area contributed by atoms with Gasteiger partial charge in [0.15, 0.2) is 0 Å². The maximum atomic E-state index is 12.6. The van der Waals surface area contributed by atoms with Crippen molar-refractivity contribution in [3.8, 4) is 0 Å². The lowest BCUT2D eigenvalue weighted by atomic mass is 10.0. The van der Waals surface area contributed by atoms with Gasteiger partial charge >= 0.3 is 0 Å². The van der Waals surface area contributed by atoms with Crippen molar-refractivity contribution in [2.45, 2.75) is 32.5 Å². The quantitative estimate of drug-likeness (QED) is 0.925. The Bertz CT molecular complexity index is 479. The zero-order valence-electron chi connectivity index (χ0n) is 11.9. The molecule has 0 aromatic heterocycles. The molecule has 110 valence electrons. The van der Waals surface area contributed by atoms with E-state index >= 15 is 0 Å². The summed E-state index contributed by atoms with van der Waals surface area (Å²) in [7, 11) is 0. The van der Waals surface area contributed by atoms with Crippen molar-refractivity contribution in [1.29, 1.82) is 0 Å². The number of benzene rings is 1. The Labute approximate surface area is 124 Å². The van der Waals surface area contributed by atoms with E-state index in [0.717, 1.165) is 5.56 Å². The number of ether oxygens (including phenoxy) is 1. The molecular formula is C15H21ClN2O2. The molecule has 1 amide bonds. The second-order valence-corrected chi connectivity index (χ2v) is 5.93. The molecule has 0 saturated carbocycles. The lowest BCUT2D eigenvalue weighted by molar-refractivity contribution is -0.138. The monoisotopic (exact) mass is 296 g/mol. The highest BCUT2D eigenvalue weighted by molar-refractivity contribution is 6.30. The number of nitrogens with two attached hydrogens (primary N) is 1. The minimum atomic E-state index is -0.239. The lowest BCUT2D eigenvalue weighted by Crippen LogP contribution is -2.46. The van der Waals surface area contributed by atoms with Crippen LogP contribution in [0, 0.1) is 5.92 Å². The molecule has 0 bridgehead atoms. The van der Waals surface area contributed by atoms with Crippen LogP contribution in [0.5, 0.6) is 0 Å². The van der Waals surface area contributed by atoms with E-state index in [0.29, 0.717) is 24.8 Å². The number of carbonyl (C=O) groups is 1. The summed E-state index contributed by atoms with van der Waals surface area (Å²) in [6.07, 6.45) is 0. The second-order valence-electron chi connectivity index (χ2n) is 5.50. The second kappa shape index (κ2) is 6.57. The molecule has 1 saturated heterocycles. The minimum Gasteiger partial charge on any atom is -0.379 e. The van der Waals surface area contributed by atoms with Crippen LogP contribution in [0.15, 0.2) is 24.3 Å². The Morgan fingerprint density at radius 3 is 2.80 bits per heavy atom. The van der Waals surface area contributed by atoms with Gasteiger partial charge in [-0.3, -0.25) is 4.79 Å². The van der Waals surface area contributed by atoms with Crippen LogP contribution in [0.3, 0.4) is 0 Å². The van der Waals surface area contributed by atoms with Crippen LogP contribution in [-0.2, 0) is 16.1 Å². The normalized spacial score (nSPS) is 22.2. The van der Waals surface area contributed by atoms with Gasteiger partial charge in [-0.25, -0.2) is 0 Å². The third-order valence-electron chi connectivity index (χ3n) is 3.59. The zero-order valence-corrected chi connectivity index (χ0v) is 12.6. The zero-order chi connectivity index (χ0) is 14.7. The Morgan fingerprint density at radius 1 is 1.50 bits per heavy atom. The van der Waals surface area contributed by atoms with Crippen molar-refractivity contribution in [1.82, 2.24) is 4.90 Å². The third kappa shape index (κ3) is 3.51. The molecule has 2 unspecified atom stereocenters. The maximum Gasteiger partial charge on any atom is 0.230 e. The maximum absolute atomic E-state index is 12.6. The summed E-state index contributed by atoms with van der Waals surface area (Å²) >= 11 is 5.99. The molecule has 1 aromatic carbocycles. The van der Waals surface area contributed by atoms with Gasteiger partial charge in [0.2, 0.25) is 5.91 Å². The summed E-state index contributed by atoms with van der Waals surface area (Å²) in [5, 5.41) is 0.680. The highest BCUT2D eigenvalue weighted by atomic mass is 35.5. The molecular weight excluding hydrogens is 276 g/mol. The van der Waals surface area contributed by atoms with E-state index in [9.17, 15) is 4.79 Å². The van der Waals surface area contributed by atoms with E-state index in [1.165, 1.54) is 0 Å². The van der Waals surface area contributed by atoms with E-state index in [2.05, 4.69) is 0 Å². The molecule has 5 heteroatoms. The third-order valence-corrected chi connectivity index (χ3v) is 3.83. The van der Waals surface area contributed by atoms with Crippen molar-refractivity contribution in [2.75, 3.05) is 13.2 Å². The number of rotatable bonds is 4. The minimum absolute atomic E-state index is 0.0602. The van der Waals surface area contributed by atoms with Crippen LogP contribution in [0.2, 0.25) is 5.02 Å². The summed E-state index contributed by atoms with van der Waals surface area (Å²) in [5.74, 6) is -0.179. The molecule has 4 nitrogen and oxygen atoms in total. The highest BCUT2D eigenvalue weighted by Crippen LogP contribution is 2.20. The van der Waals surface area contributed by atoms with Crippen molar-refractivity contribution in [3.63, 3.8) is 0 Å². The summed E-state index contributed by atoms with van der Waals surface area (Å²) in [6, 6.07) is 7.48. The highest BCUT2D eigenvalue weighted by Gasteiger charge is 2.35. The topological polar surface area (TPSA) is 55.6 Å². The first-order valence-corrected chi connectivity index (χ1v) is 7.25. The van der Waals surface area contributed by atoms with E-state index in [1.54, 1.807) is 0 Å². The first-order chi connectivity index (χ1) is 9.49. The molecule has 1 aliphatic rings. The van der Waals surface area contributed by atoms with Crippen LogP contribution in [0.4, 0.5) is 0 Å². The largest absolute Gasteiger partial charge is 0.379 e. The smallest absolute Gasteiger partial charge is 0.230 e. The van der Waals surface area contributed by atoms with Crippen LogP contribution >= 0.6 is 11.6 Å². The molecule has 0 spiro atoms. The summed E-state index contributed by atoms with van der Waals surface area (Å²) in [5.41, 5.74) is 6.96. The Balaban J connectivity index is 2.12. The van der Waals surface area contributed by atoms with Crippen molar-refractivity contribution >= 4 is 17.5 Å². The van der Waals surface area contributed by atoms with Crippen molar-refractivity contribution in [2.24, 2.45) is 11.7 Å². The van der Waals surface area contributed by atoms with Crippen molar-refractivity contribution in [3.05, 3.63) is 34.9 Å². The molecule has 1 aliphatic heterocycles. The van der Waals surface area contributed by atoms with Crippen molar-refractivity contribution < 1.29 is 9.53 Å². The number of halogens is 1. The van der Waals surface area contributed by atoms with Crippen LogP contribution in [0.1, 0.15) is 19.4 Å². The van der Waals surface area contributed by atoms with Gasteiger partial charge in [-0.1, -0.05) is 23.7 Å². The average Bonchev–Trinajstić information content (AvgIpc) is 2.81. The summed E-state index contributed by atoms with van der Waals surface area (Å²) < 4.78 is 5.30. The number of hydrogen-bond acceptors (Lipinski definition) is 3. The van der Waals surface area contributed by atoms with E-state index in [4.69, 9.17) is 22.1 Å². The van der Waals surface area contributed by atoms with Gasteiger partial charge in [0.1, 0.15) is 0 Å². The Kier molecular flexibility index (Phi) is 5.02. The fourth-order valence-electron chi connectivity index (χ4n) is 2.39. The van der Waals surface area contributed by atoms with E-state index in [1.807, 2.05) is 43.0 Å². The molecule has 2 rings (SSSR count). The molecule has 1 aromatic rings. The van der Waals surface area contributed by atoms with E-state index < -0.39 is 0 Å². The molecule has 20 heavy (non-hydrogen) atoms. The SMILES string of the molecule is CC(C)N(Cc1cccc(Cl)c1)C(=O)C1COCC1N. The lowest BCUT2D eigenvalue weighted by Gasteiger charge is -2.30. The fraction of sp³-hybridized carbons (Fsp3) is 0.533. The van der Waals surface area contributed by atoms with Crippen LogP contribution in [-0.4, -0.2) is 36.1 Å². The van der Waals surface area contributed by atoms with Gasteiger partial charge in [-0.2, -0.15) is 0 Å². The first-order valence-electron chi connectivity index (χ1n) is 6.87. The first kappa shape index (κ1) is 15.3. The number of hydrogen-bond donors (Lipinski definition) is 1. The Hall–Kier alpha value is -1.10. The van der Waals surface area contributed by atoms with Crippen LogP contribution in [0.25, 0.3) is 0 Å². The van der Waals surface area contributed by atoms with Gasteiger partial charge in [0.25, 0.3) is 0 Å². The molecule has 2 N–H and O–H groups in total. The number of carbonyl (C=O) groups excluding carboxylic acids is 1. The molecule has 2 atom stereocenters. The van der Waals surface area contributed by atoms with Crippen LogP contribution < -0.4 is 5.73 Å². The van der Waals surface area contributed by atoms with Gasteiger partial charge < -0.3 is 15.4 Å². The fourth-order valence-corrected chi connectivity index (χ4v) is 2.60. The number of nitrogens with zero attached hydrogens (tertiary/aromatic N) is 1. The predicted molar refractivity (Wildman–Crippen MR) is 79.4 cm³/mol. The van der Waals surface area contributed by atoms with Gasteiger partial charge in [-0.15, -0.1) is 0 Å². The average molecular weight is 297 g/mol.